The van der Waals surface area contributed by atoms with Gasteiger partial charge in [0.2, 0.25) is 0 Å². The number of fused-ring (bicyclic) bond motifs is 1. The number of carboxylic acid groups (broad SMARTS) is 1. The van der Waals surface area contributed by atoms with E-state index in [0.717, 1.165) is 39.3 Å². The molecule has 0 bridgehead atoms. The van der Waals surface area contributed by atoms with Crippen molar-refractivity contribution in [3.05, 3.63) is 0 Å². The van der Waals surface area contributed by atoms with Gasteiger partial charge in [0.25, 0.3) is 0 Å². The number of ether oxygens (including phenoxy) is 1. The standard InChI is InChI=1S/C16H28N4O3.C2HF3O2/c1-11(2)8-18-9-12(6-14(18)15(21)23-3)20-10-13-7-17-4-5-19(13)16(20)22;3-2(4,5)1(6)7/h11-14,17H,4-10H2,1-3H3;(H,6,7)/t12-,13-,14+;/m0./s1. The number of amides is 2. The van der Waals surface area contributed by atoms with Crippen LogP contribution in [0.3, 0.4) is 0 Å². The maximum Gasteiger partial charge on any atom is 0.490 e. The van der Waals surface area contributed by atoms with E-state index in [0.29, 0.717) is 12.3 Å². The first-order chi connectivity index (χ1) is 14.0. The normalized spacial score (nSPS) is 27.0. The molecule has 0 aromatic rings. The molecule has 2 amide bonds. The summed E-state index contributed by atoms with van der Waals surface area (Å²) in [5.41, 5.74) is 0. The van der Waals surface area contributed by atoms with Crippen LogP contribution in [0.5, 0.6) is 0 Å². The van der Waals surface area contributed by atoms with Crippen molar-refractivity contribution in [3.63, 3.8) is 0 Å². The van der Waals surface area contributed by atoms with Gasteiger partial charge in [-0.1, -0.05) is 13.8 Å². The van der Waals surface area contributed by atoms with Gasteiger partial charge in [0.15, 0.2) is 0 Å². The van der Waals surface area contributed by atoms with E-state index in [-0.39, 0.29) is 30.1 Å². The van der Waals surface area contributed by atoms with Crippen LogP contribution in [0.25, 0.3) is 0 Å². The highest BCUT2D eigenvalue weighted by Crippen LogP contribution is 2.29. The fraction of sp³-hybridized carbons (Fsp3) is 0.833. The Labute approximate surface area is 173 Å². The van der Waals surface area contributed by atoms with E-state index < -0.39 is 12.1 Å². The van der Waals surface area contributed by atoms with Crippen molar-refractivity contribution in [1.29, 1.82) is 0 Å². The number of aliphatic carboxylic acids is 1. The Kier molecular flexibility index (Phi) is 7.92. The molecule has 172 valence electrons. The number of halogens is 3. The number of carboxylic acids is 1. The largest absolute Gasteiger partial charge is 0.490 e. The number of urea groups is 1. The Morgan fingerprint density at radius 3 is 2.37 bits per heavy atom. The van der Waals surface area contributed by atoms with Gasteiger partial charge in [0.05, 0.1) is 13.2 Å². The molecule has 0 radical (unpaired) electrons. The summed E-state index contributed by atoms with van der Waals surface area (Å²) in [6, 6.07) is 0.287. The van der Waals surface area contributed by atoms with Crippen molar-refractivity contribution in [1.82, 2.24) is 20.0 Å². The van der Waals surface area contributed by atoms with Gasteiger partial charge in [0, 0.05) is 45.3 Å². The van der Waals surface area contributed by atoms with Crippen molar-refractivity contribution in [3.8, 4) is 0 Å². The van der Waals surface area contributed by atoms with Crippen LogP contribution in [0.4, 0.5) is 18.0 Å². The monoisotopic (exact) mass is 438 g/mol. The maximum absolute atomic E-state index is 12.7. The summed E-state index contributed by atoms with van der Waals surface area (Å²) in [4.78, 5) is 39.8. The number of carbonyl (C=O) groups is 3. The van der Waals surface area contributed by atoms with Gasteiger partial charge < -0.3 is 25.0 Å². The average Bonchev–Trinajstić information content (AvgIpc) is 3.22. The molecule has 3 fully saturated rings. The SMILES string of the molecule is COC(=O)[C@H]1C[C@H](N2C[C@@H]3CNCCN3C2=O)CN1CC(C)C.O=C(O)C(F)(F)F. The van der Waals surface area contributed by atoms with Crippen LogP contribution in [0, 0.1) is 5.92 Å². The lowest BCUT2D eigenvalue weighted by molar-refractivity contribution is -0.192. The minimum absolute atomic E-state index is 0.107. The zero-order chi connectivity index (χ0) is 22.6. The number of alkyl halides is 3. The fourth-order valence-electron chi connectivity index (χ4n) is 4.11. The van der Waals surface area contributed by atoms with Crippen LogP contribution in [0.15, 0.2) is 0 Å². The van der Waals surface area contributed by atoms with Crippen LogP contribution in [0.1, 0.15) is 20.3 Å². The number of carbonyl (C=O) groups excluding carboxylic acids is 2. The number of rotatable bonds is 4. The lowest BCUT2D eigenvalue weighted by atomic mass is 10.1. The molecule has 0 unspecified atom stereocenters. The third-order valence-electron chi connectivity index (χ3n) is 5.39. The summed E-state index contributed by atoms with van der Waals surface area (Å²) < 4.78 is 36.7. The molecule has 0 saturated carbocycles. The highest BCUT2D eigenvalue weighted by molar-refractivity contribution is 5.79. The van der Waals surface area contributed by atoms with Gasteiger partial charge in [0.1, 0.15) is 6.04 Å². The van der Waals surface area contributed by atoms with Gasteiger partial charge in [-0.3, -0.25) is 9.69 Å². The number of hydrogen-bond acceptors (Lipinski definition) is 6. The molecular formula is C18H29F3N4O5. The summed E-state index contributed by atoms with van der Waals surface area (Å²) >= 11 is 0. The average molecular weight is 438 g/mol. The second-order valence-corrected chi connectivity index (χ2v) is 8.07. The molecule has 3 aliphatic heterocycles. The first-order valence-corrected chi connectivity index (χ1v) is 9.85. The van der Waals surface area contributed by atoms with Crippen LogP contribution < -0.4 is 5.32 Å². The molecule has 3 aliphatic rings. The third-order valence-corrected chi connectivity index (χ3v) is 5.39. The van der Waals surface area contributed by atoms with E-state index in [1.807, 2.05) is 9.80 Å². The predicted molar refractivity (Wildman–Crippen MR) is 99.8 cm³/mol. The summed E-state index contributed by atoms with van der Waals surface area (Å²) in [7, 11) is 1.44. The molecule has 2 N–H and O–H groups in total. The summed E-state index contributed by atoms with van der Waals surface area (Å²) in [5.74, 6) is -2.46. The van der Waals surface area contributed by atoms with Crippen LogP contribution in [-0.2, 0) is 14.3 Å². The zero-order valence-corrected chi connectivity index (χ0v) is 17.3. The Hall–Kier alpha value is -2.08. The zero-order valence-electron chi connectivity index (χ0n) is 17.3. The highest BCUT2D eigenvalue weighted by Gasteiger charge is 2.47. The van der Waals surface area contributed by atoms with E-state index in [1.165, 1.54) is 7.11 Å². The third kappa shape index (κ3) is 5.75. The second kappa shape index (κ2) is 9.82. The van der Waals surface area contributed by atoms with Crippen LogP contribution in [0.2, 0.25) is 0 Å². The molecule has 0 aliphatic carbocycles. The summed E-state index contributed by atoms with van der Waals surface area (Å²) in [6.07, 6.45) is -4.40. The Balaban J connectivity index is 0.000000396. The minimum atomic E-state index is -5.08. The maximum atomic E-state index is 12.7. The number of likely N-dealkylation sites (tertiary alicyclic amines) is 1. The van der Waals surface area contributed by atoms with Gasteiger partial charge in [-0.15, -0.1) is 0 Å². The second-order valence-electron chi connectivity index (χ2n) is 8.07. The molecule has 3 rings (SSSR count). The van der Waals surface area contributed by atoms with E-state index in [9.17, 15) is 22.8 Å². The number of nitrogens with one attached hydrogen (secondary N) is 1. The van der Waals surface area contributed by atoms with Crippen molar-refractivity contribution >= 4 is 18.0 Å². The summed E-state index contributed by atoms with van der Waals surface area (Å²) in [5, 5.41) is 10.5. The van der Waals surface area contributed by atoms with Crippen molar-refractivity contribution in [2.24, 2.45) is 5.92 Å². The molecule has 3 heterocycles. The Bertz CT molecular complexity index is 646. The molecule has 9 nitrogen and oxygen atoms in total. The Morgan fingerprint density at radius 2 is 1.87 bits per heavy atom. The molecule has 0 aromatic heterocycles. The molecular weight excluding hydrogens is 409 g/mol. The smallest absolute Gasteiger partial charge is 0.475 e. The molecule has 0 spiro atoms. The predicted octanol–water partition coefficient (Wildman–Crippen LogP) is 0.601. The number of piperazine rings is 1. The highest BCUT2D eigenvalue weighted by atomic mass is 19.4. The molecule has 12 heteroatoms. The van der Waals surface area contributed by atoms with Gasteiger partial charge in [-0.25, -0.2) is 9.59 Å². The molecule has 3 atom stereocenters. The van der Waals surface area contributed by atoms with Crippen LogP contribution >= 0.6 is 0 Å². The topological polar surface area (TPSA) is 102 Å². The number of hydrogen-bond donors (Lipinski definition) is 2. The Morgan fingerprint density at radius 1 is 1.23 bits per heavy atom. The molecule has 0 aromatic carbocycles. The first-order valence-electron chi connectivity index (χ1n) is 9.85. The molecule has 3 saturated heterocycles. The minimum Gasteiger partial charge on any atom is -0.475 e. The van der Waals surface area contributed by atoms with Crippen LogP contribution in [-0.4, -0.2) is 108 Å². The lowest BCUT2D eigenvalue weighted by Gasteiger charge is -2.28. The van der Waals surface area contributed by atoms with Crippen molar-refractivity contribution in [2.75, 3.05) is 46.4 Å². The lowest BCUT2D eigenvalue weighted by Crippen LogP contribution is -2.50. The molecule has 30 heavy (non-hydrogen) atoms. The van der Waals surface area contributed by atoms with Crippen molar-refractivity contribution in [2.45, 2.75) is 44.6 Å². The van der Waals surface area contributed by atoms with Gasteiger partial charge in [-0.2, -0.15) is 13.2 Å². The summed E-state index contributed by atoms with van der Waals surface area (Å²) in [6.45, 7) is 9.19. The quantitative estimate of drug-likeness (QED) is 0.620. The number of esters is 1. The van der Waals surface area contributed by atoms with E-state index in [2.05, 4.69) is 24.1 Å². The van der Waals surface area contributed by atoms with Gasteiger partial charge in [-0.05, 0) is 12.3 Å². The van der Waals surface area contributed by atoms with E-state index in [1.54, 1.807) is 0 Å². The van der Waals surface area contributed by atoms with Gasteiger partial charge >= 0.3 is 24.1 Å². The van der Waals surface area contributed by atoms with E-state index >= 15 is 0 Å². The number of methoxy groups -OCH3 is 1. The fourth-order valence-corrected chi connectivity index (χ4v) is 4.11. The van der Waals surface area contributed by atoms with Crippen molar-refractivity contribution < 1.29 is 37.4 Å². The first kappa shape index (κ1) is 24.2. The van der Waals surface area contributed by atoms with E-state index in [4.69, 9.17) is 14.6 Å². The number of nitrogens with zero attached hydrogens (tertiary/aromatic N) is 3.